The van der Waals surface area contributed by atoms with Crippen molar-refractivity contribution in [2.75, 3.05) is 12.8 Å². The van der Waals surface area contributed by atoms with Crippen molar-refractivity contribution >= 4 is 33.2 Å². The largest absolute Gasteiger partial charge is 0.479 e. The molecule has 118 valence electrons. The first-order valence-corrected chi connectivity index (χ1v) is 8.82. The van der Waals surface area contributed by atoms with Gasteiger partial charge >= 0.3 is 12.0 Å². The molecule has 0 aliphatic carbocycles. The minimum Gasteiger partial charge on any atom is -0.479 e. The van der Waals surface area contributed by atoms with Gasteiger partial charge in [0, 0.05) is 17.7 Å². The third-order valence-corrected chi connectivity index (χ3v) is 6.12. The lowest BCUT2D eigenvalue weighted by Gasteiger charge is -2.23. The van der Waals surface area contributed by atoms with Crippen molar-refractivity contribution in [3.05, 3.63) is 22.4 Å². The zero-order chi connectivity index (χ0) is 16.3. The van der Waals surface area contributed by atoms with Gasteiger partial charge in [-0.1, -0.05) is 6.07 Å². The fraction of sp³-hybridized carbons (Fsp3) is 0.500. The number of aliphatic carboxylic acids is 1. The number of nitrogens with one attached hydrogen (secondary N) is 2. The molecule has 0 saturated carbocycles. The van der Waals surface area contributed by atoms with Gasteiger partial charge in [-0.05, 0) is 25.3 Å². The van der Waals surface area contributed by atoms with Crippen molar-refractivity contribution in [3.8, 4) is 0 Å². The Hall–Kier alpha value is -1.61. The normalized spacial score (nSPS) is 13.5. The zero-order valence-electron chi connectivity index (χ0n) is 11.9. The molecule has 9 heteroatoms. The van der Waals surface area contributed by atoms with Crippen molar-refractivity contribution in [3.63, 3.8) is 0 Å². The van der Waals surface area contributed by atoms with Crippen LogP contribution in [-0.4, -0.2) is 43.1 Å². The Kier molecular flexibility index (Phi) is 5.35. The summed E-state index contributed by atoms with van der Waals surface area (Å²) >= 11 is 1.21. The molecule has 0 aromatic carbocycles. The Morgan fingerprint density at radius 1 is 1.43 bits per heavy atom. The fourth-order valence-corrected chi connectivity index (χ4v) is 2.42. The molecule has 0 aliphatic rings. The highest BCUT2D eigenvalue weighted by Gasteiger charge is 2.31. The molecule has 0 saturated heterocycles. The van der Waals surface area contributed by atoms with E-state index in [4.69, 9.17) is 5.11 Å². The molecular formula is C12H18N2O5S2. The van der Waals surface area contributed by atoms with Gasteiger partial charge in [-0.15, -0.1) is 11.3 Å². The summed E-state index contributed by atoms with van der Waals surface area (Å²) in [4.78, 5) is 23.4. The maximum absolute atomic E-state index is 11.8. The first-order chi connectivity index (χ1) is 9.54. The fourth-order valence-electron chi connectivity index (χ4n) is 1.32. The lowest BCUT2D eigenvalue weighted by Crippen LogP contribution is -2.48. The summed E-state index contributed by atoms with van der Waals surface area (Å²) in [5, 5.41) is 15.5. The summed E-state index contributed by atoms with van der Waals surface area (Å²) < 4.78 is 21.9. The number of carboxylic acids is 1. The predicted molar refractivity (Wildman–Crippen MR) is 80.2 cm³/mol. The molecule has 1 aromatic heterocycles. The summed E-state index contributed by atoms with van der Waals surface area (Å²) in [7, 11) is -3.34. The Bertz CT molecular complexity index is 608. The van der Waals surface area contributed by atoms with Crippen LogP contribution in [0.5, 0.6) is 0 Å². The monoisotopic (exact) mass is 334 g/mol. The van der Waals surface area contributed by atoms with E-state index in [0.717, 1.165) is 6.26 Å². The number of carbonyl (C=O) groups is 2. The number of thiophene rings is 1. The molecule has 3 N–H and O–H groups in total. The molecule has 1 heterocycles. The number of urea groups is 1. The number of carbonyl (C=O) groups excluding carboxylic acids is 1. The van der Waals surface area contributed by atoms with E-state index in [9.17, 15) is 18.0 Å². The van der Waals surface area contributed by atoms with E-state index in [1.807, 2.05) is 0 Å². The highest BCUT2D eigenvalue weighted by atomic mass is 32.2. The molecule has 1 aromatic rings. The van der Waals surface area contributed by atoms with Crippen LogP contribution in [0.15, 0.2) is 17.5 Å². The van der Waals surface area contributed by atoms with Crippen LogP contribution >= 0.6 is 11.3 Å². The van der Waals surface area contributed by atoms with Crippen LogP contribution < -0.4 is 10.6 Å². The summed E-state index contributed by atoms with van der Waals surface area (Å²) in [5.41, 5.74) is 0. The number of carboxylic acid groups (broad SMARTS) is 1. The van der Waals surface area contributed by atoms with Crippen LogP contribution in [0, 0.1) is 0 Å². The molecule has 1 atom stereocenters. The number of hydrogen-bond acceptors (Lipinski definition) is 5. The van der Waals surface area contributed by atoms with Crippen molar-refractivity contribution in [1.82, 2.24) is 10.6 Å². The van der Waals surface area contributed by atoms with E-state index < -0.39 is 32.6 Å². The number of hydrogen-bond donors (Lipinski definition) is 3. The standard InChI is InChI=1S/C12H18N2O5S2/c1-12(2,21(3,18)19)7-13-11(17)14-9(10(15)16)8-5-4-6-20-8/h4-6,9H,7H2,1-3H3,(H,15,16)(H2,13,14,17). The molecule has 1 unspecified atom stereocenters. The van der Waals surface area contributed by atoms with Crippen LogP contribution in [0.2, 0.25) is 0 Å². The highest BCUT2D eigenvalue weighted by molar-refractivity contribution is 7.92. The lowest BCUT2D eigenvalue weighted by atomic mass is 10.2. The van der Waals surface area contributed by atoms with Crippen LogP contribution in [-0.2, 0) is 14.6 Å². The number of amides is 2. The molecule has 2 amide bonds. The van der Waals surface area contributed by atoms with Gasteiger partial charge in [0.2, 0.25) is 0 Å². The first kappa shape index (κ1) is 17.4. The van der Waals surface area contributed by atoms with Gasteiger partial charge in [-0.25, -0.2) is 18.0 Å². The van der Waals surface area contributed by atoms with Crippen molar-refractivity contribution in [2.24, 2.45) is 0 Å². The average Bonchev–Trinajstić information content (AvgIpc) is 2.85. The van der Waals surface area contributed by atoms with Crippen molar-refractivity contribution < 1.29 is 23.1 Å². The molecule has 0 bridgehead atoms. The third-order valence-electron chi connectivity index (χ3n) is 3.03. The van der Waals surface area contributed by atoms with Gasteiger partial charge in [0.15, 0.2) is 15.9 Å². The molecular weight excluding hydrogens is 316 g/mol. The second-order valence-electron chi connectivity index (χ2n) is 5.15. The highest BCUT2D eigenvalue weighted by Crippen LogP contribution is 2.19. The van der Waals surface area contributed by atoms with Crippen molar-refractivity contribution in [2.45, 2.75) is 24.6 Å². The third kappa shape index (κ3) is 4.71. The lowest BCUT2D eigenvalue weighted by molar-refractivity contribution is -0.139. The molecule has 0 radical (unpaired) electrons. The summed E-state index contributed by atoms with van der Waals surface area (Å²) in [6.45, 7) is 2.85. The number of rotatable bonds is 6. The van der Waals surface area contributed by atoms with Crippen LogP contribution in [0.4, 0.5) is 4.79 Å². The Labute approximate surface area is 127 Å². The minimum absolute atomic E-state index is 0.117. The molecule has 0 fully saturated rings. The predicted octanol–water partition coefficient (Wildman–Crippen LogP) is 0.996. The topological polar surface area (TPSA) is 113 Å². The Balaban J connectivity index is 2.67. The first-order valence-electron chi connectivity index (χ1n) is 6.05. The van der Waals surface area contributed by atoms with Gasteiger partial charge in [-0.2, -0.15) is 0 Å². The van der Waals surface area contributed by atoms with Crippen LogP contribution in [0.25, 0.3) is 0 Å². The summed E-state index contributed by atoms with van der Waals surface area (Å²) in [6, 6.07) is 1.39. The van der Waals surface area contributed by atoms with Gasteiger partial charge in [0.25, 0.3) is 0 Å². The van der Waals surface area contributed by atoms with Crippen LogP contribution in [0.1, 0.15) is 24.8 Å². The maximum atomic E-state index is 11.8. The van der Waals surface area contributed by atoms with Gasteiger partial charge in [-0.3, -0.25) is 0 Å². The Morgan fingerprint density at radius 2 is 2.05 bits per heavy atom. The van der Waals surface area contributed by atoms with Gasteiger partial charge < -0.3 is 15.7 Å². The van der Waals surface area contributed by atoms with E-state index in [0.29, 0.717) is 4.88 Å². The quantitative estimate of drug-likeness (QED) is 0.718. The van der Waals surface area contributed by atoms with E-state index in [1.165, 1.54) is 25.2 Å². The molecule has 0 spiro atoms. The van der Waals surface area contributed by atoms with Crippen molar-refractivity contribution in [1.29, 1.82) is 0 Å². The SMILES string of the molecule is CC(C)(CNC(=O)NC(C(=O)O)c1cccs1)S(C)(=O)=O. The Morgan fingerprint density at radius 3 is 2.48 bits per heavy atom. The van der Waals surface area contributed by atoms with E-state index in [2.05, 4.69) is 10.6 Å². The molecule has 7 nitrogen and oxygen atoms in total. The maximum Gasteiger partial charge on any atom is 0.331 e. The zero-order valence-corrected chi connectivity index (χ0v) is 13.5. The molecule has 21 heavy (non-hydrogen) atoms. The second kappa shape index (κ2) is 6.44. The smallest absolute Gasteiger partial charge is 0.331 e. The van der Waals surface area contributed by atoms with Gasteiger partial charge in [0.1, 0.15) is 0 Å². The number of sulfone groups is 1. The van der Waals surface area contributed by atoms with E-state index in [1.54, 1.807) is 17.5 Å². The van der Waals surface area contributed by atoms with E-state index in [-0.39, 0.29) is 6.54 Å². The van der Waals surface area contributed by atoms with E-state index >= 15 is 0 Å². The molecule has 1 rings (SSSR count). The van der Waals surface area contributed by atoms with Crippen LogP contribution in [0.3, 0.4) is 0 Å². The molecule has 0 aliphatic heterocycles. The summed E-state index contributed by atoms with van der Waals surface area (Å²) in [6.07, 6.45) is 1.08. The minimum atomic E-state index is -3.34. The van der Waals surface area contributed by atoms with Gasteiger partial charge in [0.05, 0.1) is 4.75 Å². The average molecular weight is 334 g/mol. The second-order valence-corrected chi connectivity index (χ2v) is 8.77. The summed E-state index contributed by atoms with van der Waals surface area (Å²) in [5.74, 6) is -1.19.